The molecule has 0 aliphatic rings. The lowest BCUT2D eigenvalue weighted by Gasteiger charge is -2.21. The fraction of sp³-hybridized carbons (Fsp3) is 0.951. The van der Waals surface area contributed by atoms with E-state index < -0.39 is 97.5 Å². The Balaban J connectivity index is 5.20. The minimum absolute atomic E-state index is 0.104. The molecule has 0 saturated carbocycles. The van der Waals surface area contributed by atoms with Crippen LogP contribution in [0.4, 0.5) is 0 Å². The number of rotatable bonds is 79. The molecule has 0 heterocycles. The first-order valence-corrected chi connectivity index (χ1v) is 44.8. The molecule has 0 fully saturated rings. The Bertz CT molecular complexity index is 1940. The van der Waals surface area contributed by atoms with E-state index in [4.69, 9.17) is 37.0 Å². The molecule has 19 heteroatoms. The molecule has 0 aromatic heterocycles. The van der Waals surface area contributed by atoms with Crippen molar-refractivity contribution in [2.75, 3.05) is 39.6 Å². The number of phosphoric acid groups is 2. The summed E-state index contributed by atoms with van der Waals surface area (Å²) in [7, 11) is -9.92. The van der Waals surface area contributed by atoms with Gasteiger partial charge in [-0.2, -0.15) is 0 Å². The summed E-state index contributed by atoms with van der Waals surface area (Å²) in [4.78, 5) is 72.9. The Morgan fingerprint density at radius 2 is 0.460 bits per heavy atom. The fourth-order valence-corrected chi connectivity index (χ4v) is 14.1. The highest BCUT2D eigenvalue weighted by Gasteiger charge is 2.30. The summed E-state index contributed by atoms with van der Waals surface area (Å²) >= 11 is 0. The molecule has 5 atom stereocenters. The van der Waals surface area contributed by atoms with Gasteiger partial charge < -0.3 is 33.8 Å². The van der Waals surface area contributed by atoms with Gasteiger partial charge in [-0.3, -0.25) is 37.3 Å². The van der Waals surface area contributed by atoms with Crippen LogP contribution in [-0.4, -0.2) is 96.7 Å². The van der Waals surface area contributed by atoms with Crippen LogP contribution < -0.4 is 0 Å². The van der Waals surface area contributed by atoms with Crippen LogP contribution in [0.25, 0.3) is 0 Å². The number of phosphoric ester groups is 2. The molecule has 0 saturated heterocycles. The van der Waals surface area contributed by atoms with E-state index in [0.29, 0.717) is 31.6 Å². The van der Waals surface area contributed by atoms with Crippen molar-refractivity contribution in [3.8, 4) is 0 Å². The third-order valence-electron chi connectivity index (χ3n) is 18.9. The number of ether oxygens (including phenoxy) is 4. The first kappa shape index (κ1) is 98.1. The summed E-state index contributed by atoms with van der Waals surface area (Å²) in [6.07, 6.45) is 60.0. The van der Waals surface area contributed by atoms with E-state index in [1.165, 1.54) is 225 Å². The molecular weight excluding hydrogens is 1310 g/mol. The van der Waals surface area contributed by atoms with Gasteiger partial charge in [-0.1, -0.05) is 370 Å². The fourth-order valence-electron chi connectivity index (χ4n) is 12.5. The van der Waals surface area contributed by atoms with E-state index in [-0.39, 0.29) is 25.7 Å². The summed E-state index contributed by atoms with van der Waals surface area (Å²) in [5.74, 6) is 0.114. The van der Waals surface area contributed by atoms with Crippen LogP contribution in [0.5, 0.6) is 0 Å². The van der Waals surface area contributed by atoms with E-state index in [9.17, 15) is 43.2 Å². The average molecular weight is 1470 g/mol. The summed E-state index contributed by atoms with van der Waals surface area (Å²) < 4.78 is 68.6. The molecule has 594 valence electrons. The third kappa shape index (κ3) is 74.3. The van der Waals surface area contributed by atoms with E-state index >= 15 is 0 Å². The number of hydrogen-bond donors (Lipinski definition) is 3. The number of esters is 4. The van der Waals surface area contributed by atoms with Gasteiger partial charge in [0.2, 0.25) is 0 Å². The second-order valence-corrected chi connectivity index (χ2v) is 33.5. The van der Waals surface area contributed by atoms with Crippen LogP contribution in [0.3, 0.4) is 0 Å². The summed E-state index contributed by atoms with van der Waals surface area (Å²) in [6.45, 7) is 11.9. The van der Waals surface area contributed by atoms with E-state index in [1.54, 1.807) is 0 Å². The van der Waals surface area contributed by atoms with Gasteiger partial charge >= 0.3 is 39.5 Å². The van der Waals surface area contributed by atoms with Crippen LogP contribution in [-0.2, 0) is 65.4 Å². The lowest BCUT2D eigenvalue weighted by Crippen LogP contribution is -2.30. The van der Waals surface area contributed by atoms with Crippen LogP contribution in [0.15, 0.2) is 0 Å². The quantitative estimate of drug-likeness (QED) is 0.0222. The van der Waals surface area contributed by atoms with Crippen LogP contribution in [0.2, 0.25) is 0 Å². The Kier molecular flexibility index (Phi) is 69.9. The Morgan fingerprint density at radius 3 is 0.680 bits per heavy atom. The van der Waals surface area contributed by atoms with Crippen molar-refractivity contribution in [2.45, 2.75) is 439 Å². The van der Waals surface area contributed by atoms with Gasteiger partial charge in [-0.25, -0.2) is 9.13 Å². The van der Waals surface area contributed by atoms with Crippen molar-refractivity contribution in [3.63, 3.8) is 0 Å². The number of unbranched alkanes of at least 4 members (excludes halogenated alkanes) is 47. The second-order valence-electron chi connectivity index (χ2n) is 30.6. The SMILES string of the molecule is CCCCCCCCCCCCCCCCCCCCCCCC(=O)O[C@H](COC(=O)CCCCCCCCCCCCCCCCCC(C)C)COP(=O)(O)OC[C@@H](O)COP(=O)(O)OC[C@@H](COC(=O)CCCCCCCCCC(C)C)OC(=O)CCCCCCCCCCC(C)C. The summed E-state index contributed by atoms with van der Waals surface area (Å²) in [6, 6.07) is 0. The first-order chi connectivity index (χ1) is 48.2. The Hall–Kier alpha value is -1.94. The van der Waals surface area contributed by atoms with Crippen LogP contribution >= 0.6 is 15.6 Å². The smallest absolute Gasteiger partial charge is 0.462 e. The monoisotopic (exact) mass is 1470 g/mol. The van der Waals surface area contributed by atoms with E-state index in [2.05, 4.69) is 48.5 Å². The minimum Gasteiger partial charge on any atom is -0.462 e. The highest BCUT2D eigenvalue weighted by Crippen LogP contribution is 2.45. The van der Waals surface area contributed by atoms with Crippen LogP contribution in [0, 0.1) is 17.8 Å². The van der Waals surface area contributed by atoms with Gasteiger partial charge in [0.25, 0.3) is 0 Å². The largest absolute Gasteiger partial charge is 0.472 e. The van der Waals surface area contributed by atoms with Crippen molar-refractivity contribution < 1.29 is 80.2 Å². The van der Waals surface area contributed by atoms with Gasteiger partial charge in [0.05, 0.1) is 26.4 Å². The van der Waals surface area contributed by atoms with Crippen molar-refractivity contribution >= 4 is 39.5 Å². The molecule has 0 aliphatic carbocycles. The zero-order chi connectivity index (χ0) is 73.7. The predicted octanol–water partition coefficient (Wildman–Crippen LogP) is 24.1. The summed E-state index contributed by atoms with van der Waals surface area (Å²) in [5.41, 5.74) is 0. The van der Waals surface area contributed by atoms with Crippen molar-refractivity contribution in [1.29, 1.82) is 0 Å². The van der Waals surface area contributed by atoms with Crippen molar-refractivity contribution in [2.24, 2.45) is 17.8 Å². The lowest BCUT2D eigenvalue weighted by atomic mass is 10.0. The Labute approximate surface area is 613 Å². The van der Waals surface area contributed by atoms with Gasteiger partial charge in [0.1, 0.15) is 19.3 Å². The third-order valence-corrected chi connectivity index (χ3v) is 20.8. The highest BCUT2D eigenvalue weighted by molar-refractivity contribution is 7.47. The highest BCUT2D eigenvalue weighted by atomic mass is 31.2. The maximum atomic E-state index is 13.1. The van der Waals surface area contributed by atoms with Crippen molar-refractivity contribution in [1.82, 2.24) is 0 Å². The summed E-state index contributed by atoms with van der Waals surface area (Å²) in [5, 5.41) is 10.6. The molecule has 0 amide bonds. The number of aliphatic hydroxyl groups excluding tert-OH is 1. The molecule has 0 spiro atoms. The number of carbonyl (C=O) groups is 4. The number of aliphatic hydroxyl groups is 1. The van der Waals surface area contributed by atoms with Gasteiger partial charge in [-0.15, -0.1) is 0 Å². The molecule has 0 aliphatic heterocycles. The Morgan fingerprint density at radius 1 is 0.270 bits per heavy atom. The van der Waals surface area contributed by atoms with Crippen LogP contribution in [0.1, 0.15) is 421 Å². The zero-order valence-electron chi connectivity index (χ0n) is 65.7. The molecular formula is C81H158O17P2. The normalized spacial score (nSPS) is 14.0. The van der Waals surface area contributed by atoms with Gasteiger partial charge in [0.15, 0.2) is 12.2 Å². The van der Waals surface area contributed by atoms with E-state index in [1.807, 2.05) is 0 Å². The molecule has 100 heavy (non-hydrogen) atoms. The standard InChI is InChI=1S/C81H158O17P2/c1-8-9-10-11-12-13-14-15-16-17-18-19-20-21-24-28-31-34-42-50-57-64-80(85)97-76(68-91-78(83)62-55-48-41-33-30-27-25-22-23-26-29-32-38-45-52-59-72(2)3)70-95-99(87,88)93-66-75(82)67-94-100(89,90)96-71-77(69-92-79(84)63-56-49-44-37-40-47-54-61-74(6)7)98-81(86)65-58-51-43-36-35-39-46-53-60-73(4)5/h72-77,82H,8-71H2,1-7H3,(H,87,88)(H,89,90)/t75-,76-,77-/m1/s1. The number of carbonyl (C=O) groups excluding carboxylic acids is 4. The second kappa shape index (κ2) is 71.3. The van der Waals surface area contributed by atoms with E-state index in [0.717, 1.165) is 108 Å². The topological polar surface area (TPSA) is 237 Å². The minimum atomic E-state index is -4.96. The molecule has 17 nitrogen and oxygen atoms in total. The molecule has 0 radical (unpaired) electrons. The van der Waals surface area contributed by atoms with Gasteiger partial charge in [0, 0.05) is 25.7 Å². The molecule has 0 aromatic carbocycles. The average Bonchev–Trinajstić information content (AvgIpc) is 0.916. The molecule has 2 unspecified atom stereocenters. The van der Waals surface area contributed by atoms with Gasteiger partial charge in [-0.05, 0) is 43.4 Å². The maximum absolute atomic E-state index is 13.1. The first-order valence-electron chi connectivity index (χ1n) is 41.8. The lowest BCUT2D eigenvalue weighted by molar-refractivity contribution is -0.161. The van der Waals surface area contributed by atoms with Crippen molar-refractivity contribution in [3.05, 3.63) is 0 Å². The predicted molar refractivity (Wildman–Crippen MR) is 409 cm³/mol. The number of hydrogen-bond acceptors (Lipinski definition) is 15. The maximum Gasteiger partial charge on any atom is 0.472 e. The molecule has 0 bridgehead atoms. The molecule has 0 rings (SSSR count). The molecule has 3 N–H and O–H groups in total. The zero-order valence-corrected chi connectivity index (χ0v) is 67.5. The molecule has 0 aromatic rings.